The van der Waals surface area contributed by atoms with Gasteiger partial charge in [-0.1, -0.05) is 22.9 Å². The van der Waals surface area contributed by atoms with Crippen molar-refractivity contribution in [1.82, 2.24) is 4.90 Å². The standard InChI is InChI=1S/C11H22BrNO2S/c1-10(12)11-4-7-13(8-5-11)6-3-9-16(2,14)15/h10-11H,3-9H2,1-2H3. The number of sulfone groups is 1. The molecule has 1 aliphatic rings. The Bertz CT molecular complexity index is 295. The number of nitrogens with zero attached hydrogens (tertiary/aromatic N) is 1. The Labute approximate surface area is 108 Å². The van der Waals surface area contributed by atoms with E-state index in [-0.39, 0.29) is 0 Å². The molecule has 16 heavy (non-hydrogen) atoms. The van der Waals surface area contributed by atoms with Gasteiger partial charge >= 0.3 is 0 Å². The van der Waals surface area contributed by atoms with Crippen LogP contribution in [-0.4, -0.2) is 49.8 Å². The van der Waals surface area contributed by atoms with E-state index in [0.717, 1.165) is 32.0 Å². The van der Waals surface area contributed by atoms with Crippen LogP contribution in [0.2, 0.25) is 0 Å². The summed E-state index contributed by atoms with van der Waals surface area (Å²) in [6.45, 7) is 5.37. The van der Waals surface area contributed by atoms with Crippen LogP contribution in [0.15, 0.2) is 0 Å². The average molecular weight is 312 g/mol. The van der Waals surface area contributed by atoms with Crippen molar-refractivity contribution >= 4 is 25.8 Å². The maximum Gasteiger partial charge on any atom is 0.147 e. The van der Waals surface area contributed by atoms with Gasteiger partial charge in [-0.3, -0.25) is 0 Å². The molecule has 0 N–H and O–H groups in total. The Hall–Kier alpha value is 0.390. The summed E-state index contributed by atoms with van der Waals surface area (Å²) < 4.78 is 22.0. The maximum atomic E-state index is 11.0. The number of hydrogen-bond donors (Lipinski definition) is 0. The quantitative estimate of drug-likeness (QED) is 0.728. The van der Waals surface area contributed by atoms with Crippen molar-refractivity contribution in [2.24, 2.45) is 5.92 Å². The molecule has 1 atom stereocenters. The van der Waals surface area contributed by atoms with Crippen molar-refractivity contribution in [3.8, 4) is 0 Å². The summed E-state index contributed by atoms with van der Waals surface area (Å²) in [5.74, 6) is 1.10. The van der Waals surface area contributed by atoms with Gasteiger partial charge in [0, 0.05) is 11.1 Å². The molecule has 1 rings (SSSR count). The maximum absolute atomic E-state index is 11.0. The van der Waals surface area contributed by atoms with E-state index in [1.165, 1.54) is 19.1 Å². The van der Waals surface area contributed by atoms with Gasteiger partial charge < -0.3 is 4.90 Å². The van der Waals surface area contributed by atoms with E-state index in [2.05, 4.69) is 27.8 Å². The van der Waals surface area contributed by atoms with Crippen molar-refractivity contribution in [2.75, 3.05) is 31.6 Å². The van der Waals surface area contributed by atoms with Crippen LogP contribution in [0.25, 0.3) is 0 Å². The van der Waals surface area contributed by atoms with Crippen LogP contribution in [0, 0.1) is 5.92 Å². The SMILES string of the molecule is CC(Br)C1CCN(CCCS(C)(=O)=O)CC1. The van der Waals surface area contributed by atoms with Gasteiger partial charge in [0.25, 0.3) is 0 Å². The molecular formula is C11H22BrNO2S. The van der Waals surface area contributed by atoms with Gasteiger partial charge in [-0.15, -0.1) is 0 Å². The lowest BCUT2D eigenvalue weighted by molar-refractivity contribution is 0.186. The Morgan fingerprint density at radius 2 is 1.94 bits per heavy atom. The van der Waals surface area contributed by atoms with Crippen molar-refractivity contribution in [1.29, 1.82) is 0 Å². The summed E-state index contributed by atoms with van der Waals surface area (Å²) in [5, 5.41) is 0. The van der Waals surface area contributed by atoms with Gasteiger partial charge in [0.05, 0.1) is 5.75 Å². The number of likely N-dealkylation sites (tertiary alicyclic amines) is 1. The van der Waals surface area contributed by atoms with Gasteiger partial charge in [-0.2, -0.15) is 0 Å². The fraction of sp³-hybridized carbons (Fsp3) is 1.00. The minimum absolute atomic E-state index is 0.321. The third-order valence-corrected chi connectivity index (χ3v) is 5.05. The monoisotopic (exact) mass is 311 g/mol. The van der Waals surface area contributed by atoms with E-state index in [4.69, 9.17) is 0 Å². The highest BCUT2D eigenvalue weighted by Crippen LogP contribution is 2.24. The molecule has 1 saturated heterocycles. The molecule has 0 aromatic carbocycles. The van der Waals surface area contributed by atoms with Crippen LogP contribution >= 0.6 is 15.9 Å². The first-order valence-electron chi connectivity index (χ1n) is 5.92. The predicted octanol–water partition coefficient (Wildman–Crippen LogP) is 1.92. The second kappa shape index (κ2) is 6.36. The number of alkyl halides is 1. The van der Waals surface area contributed by atoms with E-state index in [9.17, 15) is 8.42 Å². The van der Waals surface area contributed by atoms with Crippen LogP contribution < -0.4 is 0 Å². The van der Waals surface area contributed by atoms with Crippen LogP contribution in [0.1, 0.15) is 26.2 Å². The first kappa shape index (κ1) is 14.5. The first-order chi connectivity index (χ1) is 7.38. The van der Waals surface area contributed by atoms with Crippen LogP contribution in [0.4, 0.5) is 0 Å². The van der Waals surface area contributed by atoms with E-state index >= 15 is 0 Å². The minimum Gasteiger partial charge on any atom is -0.303 e. The van der Waals surface area contributed by atoms with Crippen LogP contribution in [0.5, 0.6) is 0 Å². The Morgan fingerprint density at radius 1 is 1.38 bits per heavy atom. The van der Waals surface area contributed by atoms with Gasteiger partial charge in [0.2, 0.25) is 0 Å². The molecule has 0 aromatic rings. The molecule has 96 valence electrons. The highest BCUT2D eigenvalue weighted by atomic mass is 79.9. The van der Waals surface area contributed by atoms with Crippen LogP contribution in [0.3, 0.4) is 0 Å². The Balaban J connectivity index is 2.18. The molecule has 0 bridgehead atoms. The number of rotatable bonds is 5. The molecule has 0 aliphatic carbocycles. The smallest absolute Gasteiger partial charge is 0.147 e. The molecule has 0 spiro atoms. The molecule has 5 heteroatoms. The Kier molecular flexibility index (Phi) is 5.74. The molecule has 1 fully saturated rings. The molecule has 0 radical (unpaired) electrons. The van der Waals surface area contributed by atoms with E-state index in [1.807, 2.05) is 0 Å². The molecule has 0 aromatic heterocycles. The number of piperidine rings is 1. The fourth-order valence-corrected chi connectivity index (χ4v) is 3.37. The summed E-state index contributed by atoms with van der Waals surface area (Å²) in [6.07, 6.45) is 4.54. The van der Waals surface area contributed by atoms with E-state index in [0.29, 0.717) is 10.6 Å². The lowest BCUT2D eigenvalue weighted by Gasteiger charge is -2.33. The molecule has 1 aliphatic heterocycles. The second-order valence-electron chi connectivity index (χ2n) is 4.84. The largest absolute Gasteiger partial charge is 0.303 e. The molecule has 1 unspecified atom stereocenters. The highest BCUT2D eigenvalue weighted by Gasteiger charge is 2.22. The second-order valence-corrected chi connectivity index (χ2v) is 8.54. The van der Waals surface area contributed by atoms with E-state index in [1.54, 1.807) is 0 Å². The molecular weight excluding hydrogens is 290 g/mol. The van der Waals surface area contributed by atoms with Crippen molar-refractivity contribution in [3.63, 3.8) is 0 Å². The molecule has 3 nitrogen and oxygen atoms in total. The minimum atomic E-state index is -2.78. The number of halogens is 1. The van der Waals surface area contributed by atoms with Gasteiger partial charge in [0.1, 0.15) is 9.84 Å². The summed E-state index contributed by atoms with van der Waals surface area (Å²) in [6, 6.07) is 0. The van der Waals surface area contributed by atoms with Crippen molar-refractivity contribution in [3.05, 3.63) is 0 Å². The van der Waals surface area contributed by atoms with E-state index < -0.39 is 9.84 Å². The normalized spacial score (nSPS) is 22.2. The zero-order chi connectivity index (χ0) is 12.2. The summed E-state index contributed by atoms with van der Waals surface area (Å²) >= 11 is 3.64. The third-order valence-electron chi connectivity index (χ3n) is 3.27. The van der Waals surface area contributed by atoms with Crippen molar-refractivity contribution in [2.45, 2.75) is 31.0 Å². The summed E-state index contributed by atoms with van der Waals surface area (Å²) in [7, 11) is -2.78. The van der Waals surface area contributed by atoms with Crippen molar-refractivity contribution < 1.29 is 8.42 Å². The lowest BCUT2D eigenvalue weighted by atomic mass is 9.94. The summed E-state index contributed by atoms with van der Waals surface area (Å²) in [4.78, 5) is 2.99. The van der Waals surface area contributed by atoms with Gasteiger partial charge in [-0.05, 0) is 44.8 Å². The van der Waals surface area contributed by atoms with Crippen LogP contribution in [-0.2, 0) is 9.84 Å². The zero-order valence-electron chi connectivity index (χ0n) is 10.2. The predicted molar refractivity (Wildman–Crippen MR) is 71.9 cm³/mol. The molecule has 0 amide bonds. The third kappa shape index (κ3) is 5.64. The first-order valence-corrected chi connectivity index (χ1v) is 8.90. The summed E-state index contributed by atoms with van der Waals surface area (Å²) in [5.41, 5.74) is 0. The van der Waals surface area contributed by atoms with Gasteiger partial charge in [-0.25, -0.2) is 8.42 Å². The highest BCUT2D eigenvalue weighted by molar-refractivity contribution is 9.09. The lowest BCUT2D eigenvalue weighted by Crippen LogP contribution is -2.36. The molecule has 1 heterocycles. The average Bonchev–Trinajstić information content (AvgIpc) is 2.16. The topological polar surface area (TPSA) is 37.4 Å². The fourth-order valence-electron chi connectivity index (χ4n) is 2.19. The van der Waals surface area contributed by atoms with Gasteiger partial charge in [0.15, 0.2) is 0 Å². The zero-order valence-corrected chi connectivity index (χ0v) is 12.6. The molecule has 0 saturated carbocycles. The number of hydrogen-bond acceptors (Lipinski definition) is 3. The Morgan fingerprint density at radius 3 is 2.38 bits per heavy atom.